The molecule has 0 saturated carbocycles. The van der Waals surface area contributed by atoms with Crippen molar-refractivity contribution >= 4 is 40.7 Å². The van der Waals surface area contributed by atoms with Gasteiger partial charge in [-0.2, -0.15) is 0 Å². The molecule has 1 aliphatic heterocycles. The number of carbonyl (C=O) groups is 1. The second kappa shape index (κ2) is 7.49. The number of allylic oxidation sites excluding steroid dienone is 1. The van der Waals surface area contributed by atoms with Crippen LogP contribution in [0.1, 0.15) is 5.56 Å². The quantitative estimate of drug-likeness (QED) is 0.736. The molecule has 0 spiro atoms. The summed E-state index contributed by atoms with van der Waals surface area (Å²) in [5.74, 6) is -1.21. The Morgan fingerprint density at radius 1 is 1.09 bits per heavy atom. The molecule has 0 bridgehead atoms. The predicted molar refractivity (Wildman–Crippen MR) is 83.0 cm³/mol. The third-order valence-electron chi connectivity index (χ3n) is 2.94. The zero-order chi connectivity index (χ0) is 14.8. The second-order valence-corrected chi connectivity index (χ2v) is 5.89. The van der Waals surface area contributed by atoms with Crippen LogP contribution in [0.5, 0.6) is 0 Å². The van der Waals surface area contributed by atoms with E-state index in [0.717, 1.165) is 27.9 Å². The van der Waals surface area contributed by atoms with Crippen molar-refractivity contribution in [3.8, 4) is 0 Å². The van der Waals surface area contributed by atoms with Crippen molar-refractivity contribution in [2.45, 2.75) is 4.90 Å². The Balaban J connectivity index is 0.00000176. The number of benzene rings is 2. The van der Waals surface area contributed by atoms with Crippen LogP contribution >= 0.6 is 23.4 Å². The molecule has 22 heavy (non-hydrogen) atoms. The van der Waals surface area contributed by atoms with E-state index in [1.165, 1.54) is 6.08 Å². The van der Waals surface area contributed by atoms with E-state index in [1.807, 2.05) is 36.4 Å². The Bertz CT molecular complexity index is 772. The molecule has 0 amide bonds. The van der Waals surface area contributed by atoms with Gasteiger partial charge in [0.1, 0.15) is 0 Å². The topological polar surface area (TPSA) is 52.5 Å². The first-order chi connectivity index (χ1) is 10.1. The number of nitrogens with zero attached hydrogens (tertiary/aromatic N) is 1. The van der Waals surface area contributed by atoms with Gasteiger partial charge in [-0.25, -0.2) is 4.99 Å². The van der Waals surface area contributed by atoms with Crippen molar-refractivity contribution in [3.63, 3.8) is 0 Å². The number of hydrogen-bond donors (Lipinski definition) is 0. The van der Waals surface area contributed by atoms with Gasteiger partial charge >= 0.3 is 29.6 Å². The molecular formula is C16H9ClNNaO2S. The van der Waals surface area contributed by atoms with Crippen LogP contribution in [-0.2, 0) is 4.79 Å². The van der Waals surface area contributed by atoms with Crippen molar-refractivity contribution in [1.29, 1.82) is 0 Å². The molecular weight excluding hydrogens is 329 g/mol. The summed E-state index contributed by atoms with van der Waals surface area (Å²) in [5, 5.41) is 11.9. The molecule has 2 aromatic rings. The summed E-state index contributed by atoms with van der Waals surface area (Å²) in [5.41, 5.74) is 2.11. The van der Waals surface area contributed by atoms with Gasteiger partial charge in [0.25, 0.3) is 0 Å². The zero-order valence-corrected chi connectivity index (χ0v) is 15.3. The molecule has 0 radical (unpaired) electrons. The monoisotopic (exact) mass is 337 g/mol. The zero-order valence-electron chi connectivity index (χ0n) is 11.7. The molecule has 0 saturated heterocycles. The maximum atomic E-state index is 11.3. The summed E-state index contributed by atoms with van der Waals surface area (Å²) in [6, 6.07) is 14.5. The van der Waals surface area contributed by atoms with E-state index in [4.69, 9.17) is 11.6 Å². The number of carbonyl (C=O) groups excluding carboxylic acids is 1. The first-order valence-corrected chi connectivity index (χ1v) is 7.37. The Hall–Kier alpha value is -1.04. The van der Waals surface area contributed by atoms with Gasteiger partial charge in [0.2, 0.25) is 0 Å². The molecule has 2 aromatic carbocycles. The summed E-state index contributed by atoms with van der Waals surface area (Å²) in [6.45, 7) is 0. The van der Waals surface area contributed by atoms with E-state index in [2.05, 4.69) is 4.99 Å². The van der Waals surface area contributed by atoms with Crippen molar-refractivity contribution in [3.05, 3.63) is 70.1 Å². The van der Waals surface area contributed by atoms with Crippen molar-refractivity contribution in [2.24, 2.45) is 4.99 Å². The fourth-order valence-corrected chi connectivity index (χ4v) is 2.92. The Labute approximate surface area is 159 Å². The second-order valence-electron chi connectivity index (χ2n) is 4.37. The summed E-state index contributed by atoms with van der Waals surface area (Å²) in [7, 11) is 0. The normalized spacial score (nSPS) is 13.1. The fraction of sp³-hybridized carbons (Fsp3) is 0. The van der Waals surface area contributed by atoms with E-state index >= 15 is 0 Å². The average Bonchev–Trinajstić information content (AvgIpc) is 2.67. The Morgan fingerprint density at radius 3 is 2.45 bits per heavy atom. The van der Waals surface area contributed by atoms with Gasteiger partial charge < -0.3 is 9.90 Å². The number of para-hydroxylation sites is 1. The number of rotatable bonds is 2. The number of fused-ring (bicyclic) bond motifs is 1. The minimum atomic E-state index is -1.21. The van der Waals surface area contributed by atoms with Crippen LogP contribution in [0.2, 0.25) is 5.02 Å². The maximum Gasteiger partial charge on any atom is 1.00 e. The van der Waals surface area contributed by atoms with Crippen LogP contribution in [0.15, 0.2) is 69.4 Å². The molecule has 104 valence electrons. The largest absolute Gasteiger partial charge is 1.00 e. The molecule has 0 fully saturated rings. The van der Waals surface area contributed by atoms with Crippen LogP contribution in [0.4, 0.5) is 5.69 Å². The van der Waals surface area contributed by atoms with Gasteiger partial charge in [0.05, 0.1) is 17.4 Å². The van der Waals surface area contributed by atoms with Gasteiger partial charge in [-0.1, -0.05) is 47.6 Å². The summed E-state index contributed by atoms with van der Waals surface area (Å²) in [4.78, 5) is 16.8. The molecule has 1 aliphatic rings. The summed E-state index contributed by atoms with van der Waals surface area (Å²) >= 11 is 7.03. The van der Waals surface area contributed by atoms with Crippen LogP contribution < -0.4 is 34.7 Å². The van der Waals surface area contributed by atoms with E-state index in [1.54, 1.807) is 12.1 Å². The van der Waals surface area contributed by atoms with E-state index in [-0.39, 0.29) is 34.5 Å². The molecule has 3 rings (SSSR count). The minimum Gasteiger partial charge on any atom is -0.544 e. The molecule has 0 unspecified atom stereocenters. The Kier molecular flexibility index (Phi) is 5.89. The predicted octanol–water partition coefficient (Wildman–Crippen LogP) is 0.204. The third kappa shape index (κ3) is 3.83. The van der Waals surface area contributed by atoms with Crippen LogP contribution in [0.25, 0.3) is 0 Å². The third-order valence-corrected chi connectivity index (χ3v) is 4.26. The van der Waals surface area contributed by atoms with Gasteiger partial charge in [-0.15, -0.1) is 0 Å². The van der Waals surface area contributed by atoms with Crippen molar-refractivity contribution in [1.82, 2.24) is 0 Å². The summed E-state index contributed by atoms with van der Waals surface area (Å²) in [6.07, 6.45) is 1.53. The van der Waals surface area contributed by atoms with Gasteiger partial charge in [0.15, 0.2) is 0 Å². The van der Waals surface area contributed by atoms with Gasteiger partial charge in [0, 0.05) is 20.4 Å². The first-order valence-electron chi connectivity index (χ1n) is 6.18. The minimum absolute atomic E-state index is 0. The molecule has 0 aromatic heterocycles. The van der Waals surface area contributed by atoms with E-state index < -0.39 is 5.97 Å². The first kappa shape index (κ1) is 17.3. The number of thioether (sulfide) groups is 1. The average molecular weight is 338 g/mol. The molecule has 0 aliphatic carbocycles. The smallest absolute Gasteiger partial charge is 0.544 e. The van der Waals surface area contributed by atoms with E-state index in [0.29, 0.717) is 10.7 Å². The fourth-order valence-electron chi connectivity index (χ4n) is 1.94. The van der Waals surface area contributed by atoms with Gasteiger partial charge in [-0.3, -0.25) is 0 Å². The number of carboxylic acids is 1. The van der Waals surface area contributed by atoms with E-state index in [9.17, 15) is 9.90 Å². The van der Waals surface area contributed by atoms with Crippen LogP contribution in [-0.4, -0.2) is 11.7 Å². The maximum absolute atomic E-state index is 11.3. The van der Waals surface area contributed by atoms with Gasteiger partial charge in [-0.05, 0) is 30.3 Å². The molecule has 0 atom stereocenters. The number of halogens is 1. The standard InChI is InChI=1S/C16H10ClNO2S.Na/c17-11-7-5-10(6-8-11)13-9-15(16(19)20)21-14-4-2-1-3-12(14)18-13;/h1-9H,(H,19,20);/q;+1/p-1. The number of aliphatic carboxylic acids is 1. The molecule has 3 nitrogen and oxygen atoms in total. The number of aliphatic imine (C=N–C) groups is 1. The van der Waals surface area contributed by atoms with Crippen molar-refractivity contribution < 1.29 is 39.5 Å². The molecule has 6 heteroatoms. The van der Waals surface area contributed by atoms with Crippen LogP contribution in [0.3, 0.4) is 0 Å². The summed E-state index contributed by atoms with van der Waals surface area (Å²) < 4.78 is 0. The molecule has 0 N–H and O–H groups in total. The number of hydrogen-bond acceptors (Lipinski definition) is 4. The molecule has 1 heterocycles. The Morgan fingerprint density at radius 2 is 1.77 bits per heavy atom. The SMILES string of the molecule is O=C([O-])C1=CC(c2ccc(Cl)cc2)=Nc2ccccc2S1.[Na+]. The van der Waals surface area contributed by atoms with Crippen LogP contribution in [0, 0.1) is 0 Å². The number of carboxylic acid groups (broad SMARTS) is 1. The van der Waals surface area contributed by atoms with Crippen molar-refractivity contribution in [2.75, 3.05) is 0 Å².